The number of rotatable bonds is 4. The summed E-state index contributed by atoms with van der Waals surface area (Å²) in [6.45, 7) is 0.830. The maximum atomic E-state index is 11.4. The van der Waals surface area contributed by atoms with Crippen molar-refractivity contribution in [2.24, 2.45) is 0 Å². The van der Waals surface area contributed by atoms with Gasteiger partial charge >= 0.3 is 6.03 Å². The first-order valence-corrected chi connectivity index (χ1v) is 4.26. The lowest BCUT2D eigenvalue weighted by Crippen LogP contribution is -2.40. The monoisotopic (exact) mass is 206 g/mol. The zero-order valence-corrected chi connectivity index (χ0v) is 7.83. The number of carbonyl (C=O) groups excluding carboxylic acids is 1. The van der Waals surface area contributed by atoms with E-state index in [4.69, 9.17) is 14.9 Å². The highest BCUT2D eigenvalue weighted by molar-refractivity contribution is 5.77. The van der Waals surface area contributed by atoms with Crippen LogP contribution in [-0.2, 0) is 4.74 Å². The van der Waals surface area contributed by atoms with Crippen LogP contribution in [-0.4, -0.2) is 63.7 Å². The van der Waals surface area contributed by atoms with E-state index in [2.05, 4.69) is 0 Å². The van der Waals surface area contributed by atoms with Gasteiger partial charge in [-0.1, -0.05) is 0 Å². The molecule has 2 unspecified atom stereocenters. The quantitative estimate of drug-likeness (QED) is 0.510. The van der Waals surface area contributed by atoms with Crippen molar-refractivity contribution in [2.45, 2.75) is 19.4 Å². The molecular weight excluding hydrogens is 192 g/mol. The molecule has 2 atom stereocenters. The van der Waals surface area contributed by atoms with Crippen molar-refractivity contribution >= 4 is 6.03 Å². The predicted octanol–water partition coefficient (Wildman–Crippen LogP) is -1.70. The van der Waals surface area contributed by atoms with Gasteiger partial charge in [0.1, 0.15) is 13.5 Å². The molecule has 3 N–H and O–H groups in total. The summed E-state index contributed by atoms with van der Waals surface area (Å²) < 4.78 is 5.06. The van der Waals surface area contributed by atoms with E-state index < -0.39 is 31.9 Å². The van der Waals surface area contributed by atoms with Gasteiger partial charge in [-0.05, 0) is 6.92 Å². The average Bonchev–Trinajstić information content (AvgIpc) is 2.39. The van der Waals surface area contributed by atoms with E-state index in [1.807, 2.05) is 0 Å². The van der Waals surface area contributed by atoms with Crippen molar-refractivity contribution in [1.29, 1.82) is 0 Å². The Hall–Kier alpha value is -0.890. The molecule has 1 aliphatic heterocycles. The third-order valence-corrected chi connectivity index (χ3v) is 2.02. The molecule has 7 nitrogen and oxygen atoms in total. The summed E-state index contributed by atoms with van der Waals surface area (Å²) in [7, 11) is 0. The van der Waals surface area contributed by atoms with Gasteiger partial charge in [0.05, 0.1) is 0 Å². The lowest BCUT2D eigenvalue weighted by Gasteiger charge is -2.21. The second kappa shape index (κ2) is 4.56. The number of ether oxygens (including phenoxy) is 1. The van der Waals surface area contributed by atoms with Gasteiger partial charge in [-0.15, -0.1) is 0 Å². The van der Waals surface area contributed by atoms with E-state index in [-0.39, 0.29) is 0 Å². The molecule has 0 saturated carbocycles. The molecule has 0 spiro atoms. The molecule has 1 saturated heterocycles. The third-order valence-electron chi connectivity index (χ3n) is 2.02. The molecule has 0 aliphatic carbocycles. The van der Waals surface area contributed by atoms with Gasteiger partial charge < -0.3 is 20.1 Å². The summed E-state index contributed by atoms with van der Waals surface area (Å²) in [5.74, 6) is 0. The number of nitrogens with zero attached hydrogens (tertiary/aromatic N) is 2. The maximum Gasteiger partial charge on any atom is 0.328 e. The molecule has 0 bridgehead atoms. The SMILES string of the molecule is CCOC1C(O)N(CO)C(=O)N1CO. The maximum absolute atomic E-state index is 11.4. The summed E-state index contributed by atoms with van der Waals surface area (Å²) in [4.78, 5) is 13.1. The Balaban J connectivity index is 2.78. The zero-order valence-electron chi connectivity index (χ0n) is 7.83. The highest BCUT2D eigenvalue weighted by Crippen LogP contribution is 2.20. The summed E-state index contributed by atoms with van der Waals surface area (Å²) in [5.41, 5.74) is 0. The first kappa shape index (κ1) is 11.2. The Kier molecular flexibility index (Phi) is 3.64. The molecule has 0 radical (unpaired) electrons. The van der Waals surface area contributed by atoms with Gasteiger partial charge in [-0.2, -0.15) is 0 Å². The number of aliphatic hydroxyl groups excluding tert-OH is 3. The van der Waals surface area contributed by atoms with Crippen molar-refractivity contribution in [3.8, 4) is 0 Å². The van der Waals surface area contributed by atoms with Crippen LogP contribution in [0.4, 0.5) is 4.79 Å². The number of urea groups is 1. The highest BCUT2D eigenvalue weighted by atomic mass is 16.5. The van der Waals surface area contributed by atoms with E-state index in [1.165, 1.54) is 0 Å². The van der Waals surface area contributed by atoms with Crippen LogP contribution in [0.5, 0.6) is 0 Å². The number of hydrogen-bond acceptors (Lipinski definition) is 5. The average molecular weight is 206 g/mol. The molecule has 7 heteroatoms. The molecule has 1 aliphatic rings. The second-order valence-corrected chi connectivity index (χ2v) is 2.76. The molecule has 1 heterocycles. The largest absolute Gasteiger partial charge is 0.376 e. The van der Waals surface area contributed by atoms with Crippen LogP contribution in [0, 0.1) is 0 Å². The van der Waals surface area contributed by atoms with Crippen LogP contribution in [0.2, 0.25) is 0 Å². The van der Waals surface area contributed by atoms with Crippen LogP contribution in [0.1, 0.15) is 6.92 Å². The number of hydrogen-bond donors (Lipinski definition) is 3. The van der Waals surface area contributed by atoms with Gasteiger partial charge in [0, 0.05) is 6.61 Å². The molecule has 2 amide bonds. The summed E-state index contributed by atoms with van der Waals surface area (Å²) in [6, 6.07) is -0.652. The van der Waals surface area contributed by atoms with E-state index in [0.29, 0.717) is 6.61 Å². The van der Waals surface area contributed by atoms with Crippen molar-refractivity contribution in [1.82, 2.24) is 9.80 Å². The van der Waals surface area contributed by atoms with E-state index in [1.54, 1.807) is 6.92 Å². The second-order valence-electron chi connectivity index (χ2n) is 2.76. The van der Waals surface area contributed by atoms with E-state index in [9.17, 15) is 9.90 Å². The Labute approximate surface area is 81.1 Å². The summed E-state index contributed by atoms with van der Waals surface area (Å²) in [5, 5.41) is 27.2. The smallest absolute Gasteiger partial charge is 0.328 e. The molecule has 1 fully saturated rings. The van der Waals surface area contributed by atoms with Crippen LogP contribution in [0.3, 0.4) is 0 Å². The Morgan fingerprint density at radius 2 is 1.93 bits per heavy atom. The summed E-state index contributed by atoms with van der Waals surface area (Å²) in [6.07, 6.45) is -2.18. The molecule has 0 aromatic heterocycles. The minimum atomic E-state index is -1.25. The molecular formula is C7H14N2O5. The minimum absolute atomic E-state index is 0.296. The van der Waals surface area contributed by atoms with E-state index in [0.717, 1.165) is 9.80 Å². The molecule has 1 rings (SSSR count). The summed E-state index contributed by atoms with van der Waals surface area (Å²) >= 11 is 0. The predicted molar refractivity (Wildman–Crippen MR) is 44.7 cm³/mol. The van der Waals surface area contributed by atoms with Crippen molar-refractivity contribution in [3.05, 3.63) is 0 Å². The van der Waals surface area contributed by atoms with Crippen LogP contribution in [0.25, 0.3) is 0 Å². The first-order chi connectivity index (χ1) is 6.67. The number of aliphatic hydroxyl groups is 3. The molecule has 0 aromatic rings. The van der Waals surface area contributed by atoms with E-state index >= 15 is 0 Å². The fourth-order valence-electron chi connectivity index (χ4n) is 1.33. The number of amides is 2. The minimum Gasteiger partial charge on any atom is -0.376 e. The molecule has 14 heavy (non-hydrogen) atoms. The van der Waals surface area contributed by atoms with Crippen LogP contribution in [0.15, 0.2) is 0 Å². The van der Waals surface area contributed by atoms with Gasteiger partial charge in [0.2, 0.25) is 0 Å². The van der Waals surface area contributed by atoms with Gasteiger partial charge in [0.25, 0.3) is 0 Å². The zero-order chi connectivity index (χ0) is 10.7. The lowest BCUT2D eigenvalue weighted by atomic mass is 10.5. The van der Waals surface area contributed by atoms with Crippen LogP contribution < -0.4 is 0 Å². The fraction of sp³-hybridized carbons (Fsp3) is 0.857. The standard InChI is InChI=1S/C7H14N2O5/c1-2-14-6-5(12)8(3-10)7(13)9(6)4-11/h5-6,10-12H,2-4H2,1H3. The Bertz CT molecular complexity index is 212. The highest BCUT2D eigenvalue weighted by Gasteiger charge is 2.44. The normalized spacial score (nSPS) is 27.6. The Morgan fingerprint density at radius 3 is 2.36 bits per heavy atom. The molecule has 0 aromatic carbocycles. The number of carbonyl (C=O) groups is 1. The van der Waals surface area contributed by atoms with Crippen molar-refractivity contribution in [2.75, 3.05) is 20.1 Å². The van der Waals surface area contributed by atoms with Gasteiger partial charge in [0.15, 0.2) is 12.5 Å². The van der Waals surface area contributed by atoms with Crippen molar-refractivity contribution < 1.29 is 24.9 Å². The van der Waals surface area contributed by atoms with Gasteiger partial charge in [-0.3, -0.25) is 9.80 Å². The Morgan fingerprint density at radius 1 is 1.36 bits per heavy atom. The van der Waals surface area contributed by atoms with Crippen molar-refractivity contribution in [3.63, 3.8) is 0 Å². The van der Waals surface area contributed by atoms with Crippen LogP contribution >= 0.6 is 0 Å². The fourth-order valence-corrected chi connectivity index (χ4v) is 1.33. The third kappa shape index (κ3) is 1.67. The van der Waals surface area contributed by atoms with Gasteiger partial charge in [-0.25, -0.2) is 4.79 Å². The lowest BCUT2D eigenvalue weighted by molar-refractivity contribution is -0.124. The first-order valence-electron chi connectivity index (χ1n) is 4.26. The molecule has 82 valence electrons. The topological polar surface area (TPSA) is 93.5 Å².